The molecule has 0 heterocycles. The first-order valence-electron chi connectivity index (χ1n) is 6.48. The Labute approximate surface area is 126 Å². The zero-order chi connectivity index (χ0) is 14.5. The molecule has 0 saturated heterocycles. The molecule has 0 aliphatic heterocycles. The molecule has 0 saturated carbocycles. The summed E-state index contributed by atoms with van der Waals surface area (Å²) in [7, 11) is 0. The van der Waals surface area contributed by atoms with Gasteiger partial charge in [-0.05, 0) is 30.7 Å². The van der Waals surface area contributed by atoms with Crippen molar-refractivity contribution in [2.45, 2.75) is 19.0 Å². The van der Waals surface area contributed by atoms with Crippen molar-refractivity contribution < 1.29 is 9.50 Å². The predicted octanol–water partition coefficient (Wildman–Crippen LogP) is 3.97. The molecule has 0 aromatic heterocycles. The van der Waals surface area contributed by atoms with Gasteiger partial charge in [0.05, 0.1) is 12.6 Å². The Morgan fingerprint density at radius 1 is 1.20 bits per heavy atom. The van der Waals surface area contributed by atoms with E-state index in [1.807, 2.05) is 37.3 Å². The van der Waals surface area contributed by atoms with Crippen LogP contribution < -0.4 is 5.32 Å². The van der Waals surface area contributed by atoms with Crippen LogP contribution in [0.4, 0.5) is 4.39 Å². The fourth-order valence-corrected chi connectivity index (χ4v) is 2.56. The highest BCUT2D eigenvalue weighted by atomic mass is 79.9. The molecule has 4 heteroatoms. The van der Waals surface area contributed by atoms with Gasteiger partial charge in [-0.2, -0.15) is 0 Å². The van der Waals surface area contributed by atoms with Gasteiger partial charge in [-0.3, -0.25) is 0 Å². The Morgan fingerprint density at radius 3 is 2.55 bits per heavy atom. The van der Waals surface area contributed by atoms with Crippen molar-refractivity contribution in [3.63, 3.8) is 0 Å². The van der Waals surface area contributed by atoms with E-state index < -0.39 is 0 Å². The fourth-order valence-electron chi connectivity index (χ4n) is 2.18. The molecule has 0 amide bonds. The van der Waals surface area contributed by atoms with Crippen LogP contribution in [0.25, 0.3) is 0 Å². The summed E-state index contributed by atoms with van der Waals surface area (Å²) in [5, 5.41) is 12.8. The van der Waals surface area contributed by atoms with Crippen molar-refractivity contribution in [1.29, 1.82) is 0 Å². The van der Waals surface area contributed by atoms with E-state index >= 15 is 0 Å². The standard InChI is InChI=1S/C16H17BrFNO/c1-11(14-9-13(17)7-8-15(14)18)19-16(10-20)12-5-3-2-4-6-12/h2-9,11,16,19-20H,10H2,1H3/t11?,16-/m0/s1. The summed E-state index contributed by atoms with van der Waals surface area (Å²) >= 11 is 3.35. The number of nitrogens with one attached hydrogen (secondary N) is 1. The van der Waals surface area contributed by atoms with Gasteiger partial charge in [-0.1, -0.05) is 46.3 Å². The number of aliphatic hydroxyl groups excluding tert-OH is 1. The average molecular weight is 338 g/mol. The van der Waals surface area contributed by atoms with Crippen molar-refractivity contribution in [2.75, 3.05) is 6.61 Å². The molecule has 0 aliphatic rings. The van der Waals surface area contributed by atoms with Crippen LogP contribution in [0.5, 0.6) is 0 Å². The highest BCUT2D eigenvalue weighted by Crippen LogP contribution is 2.24. The molecule has 106 valence electrons. The molecule has 2 nitrogen and oxygen atoms in total. The maximum atomic E-state index is 13.9. The number of rotatable bonds is 5. The summed E-state index contributed by atoms with van der Waals surface area (Å²) in [6.45, 7) is 1.85. The van der Waals surface area contributed by atoms with E-state index in [9.17, 15) is 9.50 Å². The van der Waals surface area contributed by atoms with Crippen LogP contribution >= 0.6 is 15.9 Å². The van der Waals surface area contributed by atoms with Crippen LogP contribution in [0, 0.1) is 5.82 Å². The van der Waals surface area contributed by atoms with Crippen LogP contribution in [0.15, 0.2) is 53.0 Å². The zero-order valence-electron chi connectivity index (χ0n) is 11.2. The maximum absolute atomic E-state index is 13.9. The lowest BCUT2D eigenvalue weighted by atomic mass is 10.0. The van der Waals surface area contributed by atoms with E-state index in [-0.39, 0.29) is 24.5 Å². The summed E-state index contributed by atoms with van der Waals surface area (Å²) in [6.07, 6.45) is 0. The van der Waals surface area contributed by atoms with E-state index in [0.717, 1.165) is 10.0 Å². The van der Waals surface area contributed by atoms with E-state index in [2.05, 4.69) is 21.2 Å². The maximum Gasteiger partial charge on any atom is 0.128 e. The molecule has 1 unspecified atom stereocenters. The van der Waals surface area contributed by atoms with Gasteiger partial charge in [0.2, 0.25) is 0 Å². The molecular formula is C16H17BrFNO. The lowest BCUT2D eigenvalue weighted by Gasteiger charge is -2.23. The molecule has 0 fully saturated rings. The van der Waals surface area contributed by atoms with E-state index in [0.29, 0.717) is 5.56 Å². The van der Waals surface area contributed by atoms with Gasteiger partial charge in [0.1, 0.15) is 5.82 Å². The van der Waals surface area contributed by atoms with Gasteiger partial charge in [0.25, 0.3) is 0 Å². The predicted molar refractivity (Wildman–Crippen MR) is 81.9 cm³/mol. The molecule has 2 aromatic carbocycles. The van der Waals surface area contributed by atoms with Crippen molar-refractivity contribution in [1.82, 2.24) is 5.32 Å². The third-order valence-electron chi connectivity index (χ3n) is 3.26. The van der Waals surface area contributed by atoms with E-state index in [1.165, 1.54) is 6.07 Å². The summed E-state index contributed by atoms with van der Waals surface area (Å²) in [5.41, 5.74) is 1.56. The first-order chi connectivity index (χ1) is 9.61. The van der Waals surface area contributed by atoms with Crippen molar-refractivity contribution >= 4 is 15.9 Å². The molecule has 0 radical (unpaired) electrons. The Bertz CT molecular complexity index is 562. The molecular weight excluding hydrogens is 321 g/mol. The molecule has 0 aliphatic carbocycles. The van der Waals surface area contributed by atoms with Crippen molar-refractivity contribution in [2.24, 2.45) is 0 Å². The molecule has 2 atom stereocenters. The van der Waals surface area contributed by atoms with Gasteiger partial charge in [0, 0.05) is 16.1 Å². The number of benzene rings is 2. The minimum absolute atomic E-state index is 0.0377. The van der Waals surface area contributed by atoms with E-state index in [4.69, 9.17) is 0 Å². The second-order valence-corrected chi connectivity index (χ2v) is 5.62. The Balaban J connectivity index is 2.17. The lowest BCUT2D eigenvalue weighted by molar-refractivity contribution is 0.234. The largest absolute Gasteiger partial charge is 0.394 e. The summed E-state index contributed by atoms with van der Waals surface area (Å²) in [5.74, 6) is -0.252. The first-order valence-corrected chi connectivity index (χ1v) is 7.28. The normalized spacial score (nSPS) is 14.0. The third kappa shape index (κ3) is 3.66. The van der Waals surface area contributed by atoms with Gasteiger partial charge in [-0.15, -0.1) is 0 Å². The second kappa shape index (κ2) is 6.97. The second-order valence-electron chi connectivity index (χ2n) is 4.70. The molecule has 2 aromatic rings. The lowest BCUT2D eigenvalue weighted by Crippen LogP contribution is -2.27. The fraction of sp³-hybridized carbons (Fsp3) is 0.250. The van der Waals surface area contributed by atoms with Crippen LogP contribution in [0.1, 0.15) is 30.1 Å². The molecule has 20 heavy (non-hydrogen) atoms. The Kier molecular flexibility index (Phi) is 5.29. The highest BCUT2D eigenvalue weighted by Gasteiger charge is 2.17. The van der Waals surface area contributed by atoms with Gasteiger partial charge < -0.3 is 10.4 Å². The smallest absolute Gasteiger partial charge is 0.128 e. The summed E-state index contributed by atoms with van der Waals surface area (Å²) in [4.78, 5) is 0. The van der Waals surface area contributed by atoms with Crippen LogP contribution in [-0.4, -0.2) is 11.7 Å². The Hall–Kier alpha value is -1.23. The summed E-state index contributed by atoms with van der Waals surface area (Å²) in [6, 6.07) is 14.1. The molecule has 2 rings (SSSR count). The number of halogens is 2. The highest BCUT2D eigenvalue weighted by molar-refractivity contribution is 9.10. The zero-order valence-corrected chi connectivity index (χ0v) is 12.8. The number of hydrogen-bond donors (Lipinski definition) is 2. The quantitative estimate of drug-likeness (QED) is 0.865. The SMILES string of the molecule is CC(N[C@@H](CO)c1ccccc1)c1cc(Br)ccc1F. The summed E-state index contributed by atoms with van der Waals surface area (Å²) < 4.78 is 14.7. The van der Waals surface area contributed by atoms with E-state index in [1.54, 1.807) is 12.1 Å². The molecule has 0 bridgehead atoms. The monoisotopic (exact) mass is 337 g/mol. The van der Waals surface area contributed by atoms with Gasteiger partial charge >= 0.3 is 0 Å². The minimum Gasteiger partial charge on any atom is -0.394 e. The van der Waals surface area contributed by atoms with Crippen molar-refractivity contribution in [3.8, 4) is 0 Å². The molecule has 2 N–H and O–H groups in total. The van der Waals surface area contributed by atoms with Gasteiger partial charge in [0.15, 0.2) is 0 Å². The average Bonchev–Trinajstić information content (AvgIpc) is 2.48. The Morgan fingerprint density at radius 2 is 1.90 bits per heavy atom. The first kappa shape index (κ1) is 15.2. The molecule has 0 spiro atoms. The van der Waals surface area contributed by atoms with Crippen LogP contribution in [0.3, 0.4) is 0 Å². The number of hydrogen-bond acceptors (Lipinski definition) is 2. The van der Waals surface area contributed by atoms with Crippen molar-refractivity contribution in [3.05, 3.63) is 69.9 Å². The topological polar surface area (TPSA) is 32.3 Å². The minimum atomic E-state index is -0.252. The van der Waals surface area contributed by atoms with Crippen LogP contribution in [0.2, 0.25) is 0 Å². The van der Waals surface area contributed by atoms with Gasteiger partial charge in [-0.25, -0.2) is 4.39 Å². The number of aliphatic hydroxyl groups is 1. The third-order valence-corrected chi connectivity index (χ3v) is 3.75. The van der Waals surface area contributed by atoms with Crippen LogP contribution in [-0.2, 0) is 0 Å².